The predicted octanol–water partition coefficient (Wildman–Crippen LogP) is 2.37. The second-order valence-corrected chi connectivity index (χ2v) is 5.60. The number of carbonyl (C=O) groups is 1. The molecule has 0 amide bonds. The van der Waals surface area contributed by atoms with Crippen LogP contribution in [0.4, 0.5) is 0 Å². The van der Waals surface area contributed by atoms with Crippen molar-refractivity contribution < 1.29 is 14.6 Å². The molecular weight excluding hydrogens is 290 g/mol. The summed E-state index contributed by atoms with van der Waals surface area (Å²) in [5.41, 5.74) is 0. The summed E-state index contributed by atoms with van der Waals surface area (Å²) in [5.74, 6) is 0.920. The number of ether oxygens (including phenoxy) is 1. The number of aliphatic carboxylic acids is 1. The molecule has 2 aromatic rings. The summed E-state index contributed by atoms with van der Waals surface area (Å²) < 4.78 is 7.01. The molecular formula is C14H17N3O3S. The van der Waals surface area contributed by atoms with Crippen LogP contribution in [-0.4, -0.2) is 32.1 Å². The Bertz CT molecular complexity index is 601. The lowest BCUT2D eigenvalue weighted by Gasteiger charge is -2.07. The third-order valence-electron chi connectivity index (χ3n) is 2.86. The first-order valence-corrected chi connectivity index (χ1v) is 7.75. The molecule has 6 nitrogen and oxygen atoms in total. The van der Waals surface area contributed by atoms with Gasteiger partial charge in [0, 0.05) is 0 Å². The summed E-state index contributed by atoms with van der Waals surface area (Å²) in [5, 5.41) is 13.2. The first kappa shape index (κ1) is 15.4. The summed E-state index contributed by atoms with van der Waals surface area (Å²) in [4.78, 5) is 15.3. The molecule has 21 heavy (non-hydrogen) atoms. The van der Waals surface area contributed by atoms with Crippen molar-refractivity contribution in [2.24, 2.45) is 0 Å². The minimum Gasteiger partial charge on any atom is -0.486 e. The van der Waals surface area contributed by atoms with E-state index in [4.69, 9.17) is 9.84 Å². The molecule has 1 N–H and O–H groups in total. The Balaban J connectivity index is 2.12. The van der Waals surface area contributed by atoms with Gasteiger partial charge in [-0.25, -0.2) is 9.67 Å². The first-order chi connectivity index (χ1) is 10.1. The van der Waals surface area contributed by atoms with Gasteiger partial charge in [0.2, 0.25) is 0 Å². The molecule has 0 saturated carbocycles. The van der Waals surface area contributed by atoms with E-state index in [9.17, 15) is 4.79 Å². The van der Waals surface area contributed by atoms with Crippen LogP contribution in [0.1, 0.15) is 23.8 Å². The van der Waals surface area contributed by atoms with E-state index in [0.29, 0.717) is 11.6 Å². The highest BCUT2D eigenvalue weighted by atomic mass is 32.2. The van der Waals surface area contributed by atoms with Gasteiger partial charge in [0.05, 0.1) is 5.25 Å². The van der Waals surface area contributed by atoms with Gasteiger partial charge in [0.15, 0.2) is 5.82 Å². The van der Waals surface area contributed by atoms with Crippen molar-refractivity contribution in [2.75, 3.05) is 6.26 Å². The fourth-order valence-corrected chi connectivity index (χ4v) is 2.16. The van der Waals surface area contributed by atoms with Crippen LogP contribution in [0.5, 0.6) is 5.75 Å². The minimum absolute atomic E-state index is 0.0716. The predicted molar refractivity (Wildman–Crippen MR) is 80.4 cm³/mol. The van der Waals surface area contributed by atoms with Crippen molar-refractivity contribution in [2.45, 2.75) is 25.3 Å². The van der Waals surface area contributed by atoms with Crippen LogP contribution in [0.15, 0.2) is 30.3 Å². The van der Waals surface area contributed by atoms with Crippen LogP contribution in [0.25, 0.3) is 0 Å². The second-order valence-electron chi connectivity index (χ2n) is 4.42. The zero-order valence-electron chi connectivity index (χ0n) is 11.9. The van der Waals surface area contributed by atoms with Crippen molar-refractivity contribution in [3.8, 4) is 5.75 Å². The summed E-state index contributed by atoms with van der Waals surface area (Å²) in [6, 6.07) is 9.37. The first-order valence-electron chi connectivity index (χ1n) is 6.46. The summed E-state index contributed by atoms with van der Waals surface area (Å²) >= 11 is 1.59. The number of benzene rings is 1. The summed E-state index contributed by atoms with van der Waals surface area (Å²) in [7, 11) is 0. The smallest absolute Gasteiger partial charge is 0.325 e. The number of hydrogen-bond acceptors (Lipinski definition) is 5. The Morgan fingerprint density at radius 2 is 2.14 bits per heavy atom. The number of aromatic nitrogens is 3. The van der Waals surface area contributed by atoms with Crippen LogP contribution in [0.2, 0.25) is 0 Å². The standard InChI is InChI=1S/C14H17N3O3S/c1-10(21-2)14-15-12(16-17(14)8-13(18)19)9-20-11-6-4-3-5-7-11/h3-7,10H,8-9H2,1-2H3,(H,18,19)/t10-/m1/s1. The third-order valence-corrected chi connectivity index (χ3v) is 3.78. The van der Waals surface area contributed by atoms with Gasteiger partial charge in [0.25, 0.3) is 0 Å². The number of hydrogen-bond donors (Lipinski definition) is 1. The van der Waals surface area contributed by atoms with Crippen LogP contribution >= 0.6 is 11.8 Å². The molecule has 0 bridgehead atoms. The quantitative estimate of drug-likeness (QED) is 0.846. The van der Waals surface area contributed by atoms with Crippen LogP contribution in [0, 0.1) is 0 Å². The molecule has 1 heterocycles. The number of thioether (sulfide) groups is 1. The molecule has 0 aliphatic heterocycles. The van der Waals surface area contributed by atoms with E-state index < -0.39 is 5.97 Å². The van der Waals surface area contributed by atoms with E-state index in [1.54, 1.807) is 11.8 Å². The molecule has 0 aliphatic rings. The summed E-state index contributed by atoms with van der Waals surface area (Å²) in [6.45, 7) is 1.98. The molecule has 112 valence electrons. The average molecular weight is 307 g/mol. The molecule has 7 heteroatoms. The lowest BCUT2D eigenvalue weighted by Crippen LogP contribution is -2.14. The van der Waals surface area contributed by atoms with Gasteiger partial charge in [-0.2, -0.15) is 16.9 Å². The Labute approximate surface area is 127 Å². The molecule has 1 aromatic carbocycles. The van der Waals surface area contributed by atoms with Crippen LogP contribution in [0.3, 0.4) is 0 Å². The molecule has 0 fully saturated rings. The van der Waals surface area contributed by atoms with Crippen molar-refractivity contribution >= 4 is 17.7 Å². The number of carboxylic acids is 1. The maximum absolute atomic E-state index is 10.9. The third kappa shape index (κ3) is 4.22. The maximum atomic E-state index is 10.9. The Morgan fingerprint density at radius 1 is 1.43 bits per heavy atom. The van der Waals surface area contributed by atoms with E-state index in [0.717, 1.165) is 5.75 Å². The largest absolute Gasteiger partial charge is 0.486 e. The number of rotatable bonds is 7. The van der Waals surface area contributed by atoms with Gasteiger partial charge >= 0.3 is 5.97 Å². The van der Waals surface area contributed by atoms with Gasteiger partial charge in [-0.1, -0.05) is 18.2 Å². The highest BCUT2D eigenvalue weighted by Crippen LogP contribution is 2.24. The lowest BCUT2D eigenvalue weighted by atomic mass is 10.3. The van der Waals surface area contributed by atoms with Crippen molar-refractivity contribution in [3.05, 3.63) is 42.0 Å². The lowest BCUT2D eigenvalue weighted by molar-refractivity contribution is -0.137. The molecule has 0 radical (unpaired) electrons. The van der Waals surface area contributed by atoms with Crippen LogP contribution < -0.4 is 4.74 Å². The summed E-state index contributed by atoms with van der Waals surface area (Å²) in [6.07, 6.45) is 1.95. The van der Waals surface area contributed by atoms with E-state index in [2.05, 4.69) is 10.1 Å². The highest BCUT2D eigenvalue weighted by molar-refractivity contribution is 7.98. The normalized spacial score (nSPS) is 12.1. The van der Waals surface area contributed by atoms with E-state index in [1.165, 1.54) is 4.68 Å². The van der Waals surface area contributed by atoms with Crippen LogP contribution in [-0.2, 0) is 17.9 Å². The monoisotopic (exact) mass is 307 g/mol. The van der Waals surface area contributed by atoms with E-state index in [1.807, 2.05) is 43.5 Å². The molecule has 2 rings (SSSR count). The van der Waals surface area contributed by atoms with Gasteiger partial charge in [-0.15, -0.1) is 0 Å². The topological polar surface area (TPSA) is 77.2 Å². The molecule has 0 saturated heterocycles. The van der Waals surface area contributed by atoms with Crippen molar-refractivity contribution in [3.63, 3.8) is 0 Å². The minimum atomic E-state index is -0.940. The average Bonchev–Trinajstić information content (AvgIpc) is 2.87. The zero-order chi connectivity index (χ0) is 15.2. The van der Waals surface area contributed by atoms with Gasteiger partial charge < -0.3 is 9.84 Å². The molecule has 0 spiro atoms. The number of carboxylic acid groups (broad SMARTS) is 1. The Kier molecular flexibility index (Phi) is 5.21. The van der Waals surface area contributed by atoms with Gasteiger partial charge in [0.1, 0.15) is 24.7 Å². The number of para-hydroxylation sites is 1. The van der Waals surface area contributed by atoms with Crippen molar-refractivity contribution in [1.82, 2.24) is 14.8 Å². The fourth-order valence-electron chi connectivity index (χ4n) is 1.78. The molecule has 0 aliphatic carbocycles. The molecule has 1 atom stereocenters. The van der Waals surface area contributed by atoms with E-state index in [-0.39, 0.29) is 18.4 Å². The van der Waals surface area contributed by atoms with Gasteiger partial charge in [-0.05, 0) is 25.3 Å². The van der Waals surface area contributed by atoms with Gasteiger partial charge in [-0.3, -0.25) is 4.79 Å². The highest BCUT2D eigenvalue weighted by Gasteiger charge is 2.17. The number of nitrogens with zero attached hydrogens (tertiary/aromatic N) is 3. The van der Waals surface area contributed by atoms with E-state index >= 15 is 0 Å². The Morgan fingerprint density at radius 3 is 2.76 bits per heavy atom. The molecule has 0 unspecified atom stereocenters. The SMILES string of the molecule is CS[C@H](C)c1nc(COc2ccccc2)nn1CC(=O)O. The zero-order valence-corrected chi connectivity index (χ0v) is 12.7. The fraction of sp³-hybridized carbons (Fsp3) is 0.357. The molecule has 1 aromatic heterocycles. The Hall–Kier alpha value is -2.02. The van der Waals surface area contributed by atoms with Crippen molar-refractivity contribution in [1.29, 1.82) is 0 Å². The second kappa shape index (κ2) is 7.12. The maximum Gasteiger partial charge on any atom is 0.325 e.